The highest BCUT2D eigenvalue weighted by molar-refractivity contribution is 6.28. The van der Waals surface area contributed by atoms with Gasteiger partial charge in [0.05, 0.1) is 0 Å². The SMILES string of the molecule is CCOCCCCCCCCCCCCCCCCCC(=O)O[SiH2]C. The highest BCUT2D eigenvalue weighted by Crippen LogP contribution is 2.13. The molecule has 4 heteroatoms. The van der Waals surface area contributed by atoms with E-state index in [0.29, 0.717) is 6.42 Å². The fraction of sp³-hybridized carbons (Fsp3) is 0.952. The molecule has 0 aliphatic carbocycles. The van der Waals surface area contributed by atoms with Gasteiger partial charge in [-0.15, -0.1) is 0 Å². The van der Waals surface area contributed by atoms with Crippen molar-refractivity contribution in [3.8, 4) is 0 Å². The maximum absolute atomic E-state index is 11.2. The van der Waals surface area contributed by atoms with Crippen molar-refractivity contribution < 1.29 is 14.0 Å². The molecule has 0 saturated carbocycles. The first kappa shape index (κ1) is 24.6. The molecule has 25 heavy (non-hydrogen) atoms. The van der Waals surface area contributed by atoms with E-state index in [1.807, 2.05) is 6.55 Å². The summed E-state index contributed by atoms with van der Waals surface area (Å²) < 4.78 is 10.4. The van der Waals surface area contributed by atoms with E-state index in [1.54, 1.807) is 0 Å². The summed E-state index contributed by atoms with van der Waals surface area (Å²) in [6.07, 6.45) is 20.6. The molecule has 0 aromatic carbocycles. The molecule has 0 aromatic heterocycles. The standard InChI is InChI=1S/C21H44O3Si/c1-3-23-20-18-16-14-12-10-8-6-4-5-7-9-11-13-15-17-19-21(22)24-25-2/h3-20,25H2,1-2H3. The van der Waals surface area contributed by atoms with E-state index in [4.69, 9.17) is 9.16 Å². The number of carbonyl (C=O) groups excluding carboxylic acids is 1. The van der Waals surface area contributed by atoms with Gasteiger partial charge in [-0.25, -0.2) is 0 Å². The zero-order valence-corrected chi connectivity index (χ0v) is 18.6. The molecule has 0 radical (unpaired) electrons. The third-order valence-corrected chi connectivity index (χ3v) is 5.29. The summed E-state index contributed by atoms with van der Waals surface area (Å²) in [6, 6.07) is 0. The Morgan fingerprint density at radius 3 is 1.48 bits per heavy atom. The van der Waals surface area contributed by atoms with Crippen LogP contribution >= 0.6 is 0 Å². The normalized spacial score (nSPS) is 11.4. The van der Waals surface area contributed by atoms with Gasteiger partial charge in [0, 0.05) is 19.6 Å². The minimum Gasteiger partial charge on any atom is -0.525 e. The van der Waals surface area contributed by atoms with Crippen LogP contribution in [0.2, 0.25) is 6.55 Å². The lowest BCUT2D eigenvalue weighted by atomic mass is 10.0. The van der Waals surface area contributed by atoms with Crippen LogP contribution in [0, 0.1) is 0 Å². The molecule has 0 amide bonds. The number of hydrogen-bond donors (Lipinski definition) is 0. The van der Waals surface area contributed by atoms with Crippen LogP contribution in [0.15, 0.2) is 0 Å². The summed E-state index contributed by atoms with van der Waals surface area (Å²) in [5, 5.41) is 0. The fourth-order valence-corrected chi connectivity index (χ4v) is 3.62. The van der Waals surface area contributed by atoms with E-state index in [2.05, 4.69) is 6.92 Å². The second-order valence-corrected chi connectivity index (χ2v) is 7.92. The quantitative estimate of drug-likeness (QED) is 0.196. The Bertz CT molecular complexity index is 272. The Morgan fingerprint density at radius 2 is 1.08 bits per heavy atom. The van der Waals surface area contributed by atoms with Crippen LogP contribution in [0.5, 0.6) is 0 Å². The molecule has 0 unspecified atom stereocenters. The molecule has 0 rings (SSSR count). The van der Waals surface area contributed by atoms with Crippen molar-refractivity contribution in [3.63, 3.8) is 0 Å². The molecule has 0 aliphatic heterocycles. The highest BCUT2D eigenvalue weighted by atomic mass is 28.2. The molecular formula is C21H44O3Si. The highest BCUT2D eigenvalue weighted by Gasteiger charge is 2.00. The number of unbranched alkanes of at least 4 members (excludes halogenated alkanes) is 14. The van der Waals surface area contributed by atoms with Crippen LogP contribution in [0.3, 0.4) is 0 Å². The van der Waals surface area contributed by atoms with Crippen molar-refractivity contribution in [3.05, 3.63) is 0 Å². The van der Waals surface area contributed by atoms with Gasteiger partial charge in [0.1, 0.15) is 0 Å². The lowest BCUT2D eigenvalue weighted by molar-refractivity contribution is -0.134. The topological polar surface area (TPSA) is 35.5 Å². The number of rotatable bonds is 20. The lowest BCUT2D eigenvalue weighted by Crippen LogP contribution is -2.05. The first-order valence-electron chi connectivity index (χ1n) is 11.0. The number of ether oxygens (including phenoxy) is 1. The maximum atomic E-state index is 11.2. The van der Waals surface area contributed by atoms with Crippen LogP contribution < -0.4 is 0 Å². The summed E-state index contributed by atoms with van der Waals surface area (Å²) in [7, 11) is -0.557. The second kappa shape index (κ2) is 21.7. The number of carbonyl (C=O) groups is 1. The molecule has 0 aliphatic rings. The van der Waals surface area contributed by atoms with Crippen LogP contribution in [0.1, 0.15) is 110 Å². The van der Waals surface area contributed by atoms with Crippen molar-refractivity contribution in [2.45, 2.75) is 116 Å². The largest absolute Gasteiger partial charge is 0.525 e. The number of hydrogen-bond acceptors (Lipinski definition) is 3. The molecule has 0 spiro atoms. The van der Waals surface area contributed by atoms with E-state index in [0.717, 1.165) is 19.6 Å². The lowest BCUT2D eigenvalue weighted by Gasteiger charge is -2.04. The van der Waals surface area contributed by atoms with Gasteiger partial charge in [-0.2, -0.15) is 0 Å². The third-order valence-electron chi connectivity index (χ3n) is 4.68. The van der Waals surface area contributed by atoms with E-state index < -0.39 is 9.76 Å². The zero-order valence-electron chi connectivity index (χ0n) is 17.2. The molecule has 0 heterocycles. The summed E-state index contributed by atoms with van der Waals surface area (Å²) in [5.41, 5.74) is 0. The smallest absolute Gasteiger partial charge is 0.292 e. The van der Waals surface area contributed by atoms with E-state index in [-0.39, 0.29) is 5.97 Å². The van der Waals surface area contributed by atoms with Crippen LogP contribution in [-0.4, -0.2) is 28.9 Å². The van der Waals surface area contributed by atoms with Gasteiger partial charge in [0.2, 0.25) is 9.76 Å². The maximum Gasteiger partial charge on any atom is 0.292 e. The van der Waals surface area contributed by atoms with Gasteiger partial charge < -0.3 is 9.16 Å². The summed E-state index contributed by atoms with van der Waals surface area (Å²) in [5.74, 6) is 0.0275. The Kier molecular flexibility index (Phi) is 21.4. The molecule has 3 nitrogen and oxygen atoms in total. The molecule has 0 saturated heterocycles. The summed E-state index contributed by atoms with van der Waals surface area (Å²) >= 11 is 0. The van der Waals surface area contributed by atoms with Crippen molar-refractivity contribution in [1.29, 1.82) is 0 Å². The molecule has 0 N–H and O–H groups in total. The first-order chi connectivity index (χ1) is 12.3. The molecule has 0 fully saturated rings. The van der Waals surface area contributed by atoms with Crippen LogP contribution in [-0.2, 0) is 14.0 Å². The van der Waals surface area contributed by atoms with Gasteiger partial charge >= 0.3 is 0 Å². The van der Waals surface area contributed by atoms with Gasteiger partial charge in [-0.1, -0.05) is 83.5 Å². The van der Waals surface area contributed by atoms with E-state index >= 15 is 0 Å². The molecule has 0 aromatic rings. The average molecular weight is 373 g/mol. The monoisotopic (exact) mass is 372 g/mol. The summed E-state index contributed by atoms with van der Waals surface area (Å²) in [4.78, 5) is 11.2. The average Bonchev–Trinajstić information content (AvgIpc) is 2.61. The third kappa shape index (κ3) is 21.6. The Balaban J connectivity index is 3.02. The van der Waals surface area contributed by atoms with Crippen molar-refractivity contribution in [2.75, 3.05) is 13.2 Å². The van der Waals surface area contributed by atoms with Crippen LogP contribution in [0.25, 0.3) is 0 Å². The molecular weight excluding hydrogens is 328 g/mol. The Hall–Kier alpha value is -0.353. The van der Waals surface area contributed by atoms with Crippen molar-refractivity contribution in [1.82, 2.24) is 0 Å². The molecule has 0 bridgehead atoms. The van der Waals surface area contributed by atoms with Gasteiger partial charge in [-0.05, 0) is 26.3 Å². The predicted molar refractivity (Wildman–Crippen MR) is 111 cm³/mol. The summed E-state index contributed by atoms with van der Waals surface area (Å²) in [6.45, 7) is 5.87. The minimum absolute atomic E-state index is 0.0275. The first-order valence-corrected chi connectivity index (χ1v) is 13.0. The van der Waals surface area contributed by atoms with Crippen molar-refractivity contribution in [2.24, 2.45) is 0 Å². The Morgan fingerprint density at radius 1 is 0.680 bits per heavy atom. The van der Waals surface area contributed by atoms with Gasteiger partial charge in [0.25, 0.3) is 5.97 Å². The zero-order chi connectivity index (χ0) is 18.4. The van der Waals surface area contributed by atoms with E-state index in [1.165, 1.54) is 89.9 Å². The molecule has 0 atom stereocenters. The van der Waals surface area contributed by atoms with Gasteiger partial charge in [0.15, 0.2) is 0 Å². The van der Waals surface area contributed by atoms with Crippen molar-refractivity contribution >= 4 is 15.7 Å². The predicted octanol–water partition coefficient (Wildman–Crippen LogP) is 5.94. The van der Waals surface area contributed by atoms with E-state index in [9.17, 15) is 4.79 Å². The minimum atomic E-state index is -0.557. The van der Waals surface area contributed by atoms with Crippen LogP contribution in [0.4, 0.5) is 0 Å². The molecule has 150 valence electrons. The van der Waals surface area contributed by atoms with Gasteiger partial charge in [-0.3, -0.25) is 4.79 Å². The second-order valence-electron chi connectivity index (χ2n) is 7.06. The fourth-order valence-electron chi connectivity index (χ4n) is 3.15. The Labute approximate surface area is 159 Å².